The lowest BCUT2D eigenvalue weighted by atomic mass is 10.1. The third-order valence-corrected chi connectivity index (χ3v) is 3.04. The molecule has 0 atom stereocenters. The molecule has 3 heteroatoms. The molecule has 1 rings (SSSR count). The van der Waals surface area contributed by atoms with Crippen molar-refractivity contribution in [3.8, 4) is 0 Å². The van der Waals surface area contributed by atoms with Gasteiger partial charge in [-0.15, -0.1) is 0 Å². The van der Waals surface area contributed by atoms with E-state index in [0.29, 0.717) is 6.04 Å². The van der Waals surface area contributed by atoms with E-state index in [-0.39, 0.29) is 0 Å². The lowest BCUT2D eigenvalue weighted by Crippen LogP contribution is -2.31. The third kappa shape index (κ3) is 4.43. The van der Waals surface area contributed by atoms with Crippen molar-refractivity contribution in [1.29, 1.82) is 0 Å². The Morgan fingerprint density at radius 2 is 2.11 bits per heavy atom. The first-order valence-electron chi connectivity index (χ1n) is 6.74. The largest absolute Gasteiger partial charge is 0.478 e. The zero-order valence-electron chi connectivity index (χ0n) is 12.2. The molecule has 0 unspecified atom stereocenters. The molecule has 0 aromatic heterocycles. The van der Waals surface area contributed by atoms with Crippen LogP contribution in [0.4, 0.5) is 5.69 Å². The van der Waals surface area contributed by atoms with Crippen molar-refractivity contribution in [2.45, 2.75) is 40.2 Å². The summed E-state index contributed by atoms with van der Waals surface area (Å²) in [5, 5.41) is 8.63. The molecule has 1 aromatic rings. The van der Waals surface area contributed by atoms with Crippen LogP contribution >= 0.6 is 0 Å². The van der Waals surface area contributed by atoms with Gasteiger partial charge in [0, 0.05) is 24.4 Å². The predicted molar refractivity (Wildman–Crippen MR) is 80.6 cm³/mol. The molecular weight excluding hydrogens is 238 g/mol. The first-order valence-corrected chi connectivity index (χ1v) is 6.74. The van der Waals surface area contributed by atoms with E-state index in [1.165, 1.54) is 17.3 Å². The lowest BCUT2D eigenvalue weighted by Gasteiger charge is -2.30. The predicted octanol–water partition coefficient (Wildman–Crippen LogP) is 3.72. The first kappa shape index (κ1) is 15.3. The van der Waals surface area contributed by atoms with Gasteiger partial charge in [0.2, 0.25) is 0 Å². The van der Waals surface area contributed by atoms with E-state index in [4.69, 9.17) is 5.11 Å². The van der Waals surface area contributed by atoms with Crippen molar-refractivity contribution in [3.05, 3.63) is 35.4 Å². The van der Waals surface area contributed by atoms with Crippen LogP contribution in [0.15, 0.2) is 24.3 Å². The maximum absolute atomic E-state index is 10.5. The van der Waals surface area contributed by atoms with Crippen molar-refractivity contribution in [2.75, 3.05) is 11.4 Å². The van der Waals surface area contributed by atoms with Crippen LogP contribution in [-0.2, 0) is 4.79 Å². The highest BCUT2D eigenvalue weighted by molar-refractivity contribution is 5.85. The minimum Gasteiger partial charge on any atom is -0.478 e. The van der Waals surface area contributed by atoms with Crippen LogP contribution < -0.4 is 4.90 Å². The van der Waals surface area contributed by atoms with E-state index in [2.05, 4.69) is 38.7 Å². The smallest absolute Gasteiger partial charge is 0.328 e. The number of rotatable bonds is 6. The Morgan fingerprint density at radius 1 is 1.42 bits per heavy atom. The molecule has 1 N–H and O–H groups in total. The van der Waals surface area contributed by atoms with E-state index >= 15 is 0 Å². The van der Waals surface area contributed by atoms with Gasteiger partial charge in [-0.25, -0.2) is 4.79 Å². The van der Waals surface area contributed by atoms with E-state index in [1.807, 2.05) is 12.1 Å². The summed E-state index contributed by atoms with van der Waals surface area (Å²) in [6.45, 7) is 9.65. The topological polar surface area (TPSA) is 40.5 Å². The zero-order chi connectivity index (χ0) is 14.4. The summed E-state index contributed by atoms with van der Waals surface area (Å²) in [6, 6.07) is 6.53. The van der Waals surface area contributed by atoms with Gasteiger partial charge in [0.15, 0.2) is 0 Å². The molecule has 0 radical (unpaired) electrons. The van der Waals surface area contributed by atoms with Crippen molar-refractivity contribution < 1.29 is 9.90 Å². The summed E-state index contributed by atoms with van der Waals surface area (Å²) < 4.78 is 0. The Balaban J connectivity index is 3.01. The highest BCUT2D eigenvalue weighted by atomic mass is 16.4. The van der Waals surface area contributed by atoms with E-state index in [0.717, 1.165) is 18.5 Å². The van der Waals surface area contributed by atoms with Gasteiger partial charge in [-0.1, -0.05) is 13.0 Å². The van der Waals surface area contributed by atoms with Crippen LogP contribution in [0, 0.1) is 6.92 Å². The van der Waals surface area contributed by atoms with Gasteiger partial charge in [0.05, 0.1) is 0 Å². The molecular formula is C16H23NO2. The number of hydrogen-bond donors (Lipinski definition) is 1. The molecule has 1 aromatic carbocycles. The highest BCUT2D eigenvalue weighted by Crippen LogP contribution is 2.24. The molecule has 0 saturated carbocycles. The molecule has 3 nitrogen and oxygen atoms in total. The molecule has 0 aliphatic heterocycles. The van der Waals surface area contributed by atoms with Crippen molar-refractivity contribution in [2.24, 2.45) is 0 Å². The summed E-state index contributed by atoms with van der Waals surface area (Å²) in [6.07, 6.45) is 3.90. The average Bonchev–Trinajstić information content (AvgIpc) is 2.34. The van der Waals surface area contributed by atoms with Crippen LogP contribution in [0.25, 0.3) is 6.08 Å². The Kier molecular flexibility index (Phi) is 5.61. The standard InChI is InChI=1S/C16H23NO2/c1-5-10-17(12(2)3)15-8-6-14(11-13(15)4)7-9-16(18)19/h6-9,11-12H,5,10H2,1-4H3,(H,18,19)/b9-7+. The van der Waals surface area contributed by atoms with Gasteiger partial charge in [-0.3, -0.25) is 0 Å². The fraction of sp³-hybridized carbons (Fsp3) is 0.438. The summed E-state index contributed by atoms with van der Waals surface area (Å²) in [5.74, 6) is -0.920. The fourth-order valence-corrected chi connectivity index (χ4v) is 2.17. The molecule has 0 spiro atoms. The molecule has 0 saturated heterocycles. The van der Waals surface area contributed by atoms with Gasteiger partial charge < -0.3 is 10.0 Å². The van der Waals surface area contributed by atoms with E-state index in [1.54, 1.807) is 6.08 Å². The number of nitrogens with zero attached hydrogens (tertiary/aromatic N) is 1. The number of carbonyl (C=O) groups is 1. The number of aryl methyl sites for hydroxylation is 1. The van der Waals surface area contributed by atoms with E-state index in [9.17, 15) is 4.79 Å². The molecule has 0 aliphatic carbocycles. The Bertz CT molecular complexity index is 464. The van der Waals surface area contributed by atoms with Crippen molar-refractivity contribution in [3.63, 3.8) is 0 Å². The van der Waals surface area contributed by atoms with Gasteiger partial charge in [0.1, 0.15) is 0 Å². The summed E-state index contributed by atoms with van der Waals surface area (Å²) in [4.78, 5) is 12.9. The monoisotopic (exact) mass is 261 g/mol. The Hall–Kier alpha value is -1.77. The highest BCUT2D eigenvalue weighted by Gasteiger charge is 2.11. The Morgan fingerprint density at radius 3 is 2.58 bits per heavy atom. The maximum Gasteiger partial charge on any atom is 0.328 e. The molecule has 0 aliphatic rings. The van der Waals surface area contributed by atoms with Crippen LogP contribution in [0.2, 0.25) is 0 Å². The van der Waals surface area contributed by atoms with Crippen LogP contribution in [-0.4, -0.2) is 23.7 Å². The van der Waals surface area contributed by atoms with Gasteiger partial charge in [0.25, 0.3) is 0 Å². The van der Waals surface area contributed by atoms with Gasteiger partial charge in [-0.05, 0) is 56.5 Å². The number of benzene rings is 1. The van der Waals surface area contributed by atoms with Gasteiger partial charge in [-0.2, -0.15) is 0 Å². The average molecular weight is 261 g/mol. The van der Waals surface area contributed by atoms with Crippen LogP contribution in [0.3, 0.4) is 0 Å². The summed E-state index contributed by atoms with van der Waals surface area (Å²) in [7, 11) is 0. The zero-order valence-corrected chi connectivity index (χ0v) is 12.2. The normalized spacial score (nSPS) is 11.2. The number of anilines is 1. The number of hydrogen-bond acceptors (Lipinski definition) is 2. The fourth-order valence-electron chi connectivity index (χ4n) is 2.17. The first-order chi connectivity index (χ1) is 8.95. The third-order valence-electron chi connectivity index (χ3n) is 3.04. The number of aliphatic carboxylic acids is 1. The molecule has 0 fully saturated rings. The second-order valence-electron chi connectivity index (χ2n) is 5.00. The second kappa shape index (κ2) is 6.98. The molecule has 0 heterocycles. The van der Waals surface area contributed by atoms with E-state index < -0.39 is 5.97 Å². The summed E-state index contributed by atoms with van der Waals surface area (Å²) >= 11 is 0. The molecule has 0 bridgehead atoms. The maximum atomic E-state index is 10.5. The van der Waals surface area contributed by atoms with Crippen LogP contribution in [0.1, 0.15) is 38.3 Å². The number of carboxylic acid groups (broad SMARTS) is 1. The van der Waals surface area contributed by atoms with Crippen LogP contribution in [0.5, 0.6) is 0 Å². The summed E-state index contributed by atoms with van der Waals surface area (Å²) in [5.41, 5.74) is 3.32. The molecule has 0 amide bonds. The minimum absolute atomic E-state index is 0.457. The van der Waals surface area contributed by atoms with Gasteiger partial charge >= 0.3 is 5.97 Å². The minimum atomic E-state index is -0.920. The quantitative estimate of drug-likeness (QED) is 0.793. The SMILES string of the molecule is CCCN(c1ccc(/C=C/C(=O)O)cc1C)C(C)C. The lowest BCUT2D eigenvalue weighted by molar-refractivity contribution is -0.131. The van der Waals surface area contributed by atoms with Crippen molar-refractivity contribution in [1.82, 2.24) is 0 Å². The Labute approximate surface area is 115 Å². The number of carboxylic acids is 1. The molecule has 19 heavy (non-hydrogen) atoms. The second-order valence-corrected chi connectivity index (χ2v) is 5.00. The van der Waals surface area contributed by atoms with Crippen molar-refractivity contribution >= 4 is 17.7 Å². The molecule has 104 valence electrons.